The van der Waals surface area contributed by atoms with Crippen molar-refractivity contribution in [3.8, 4) is 28.6 Å². The van der Waals surface area contributed by atoms with E-state index in [-0.39, 0.29) is 0 Å². The van der Waals surface area contributed by atoms with E-state index in [9.17, 15) is 0 Å². The molecule has 4 aromatic rings. The summed E-state index contributed by atoms with van der Waals surface area (Å²) in [6.07, 6.45) is 1.19. The van der Waals surface area contributed by atoms with Crippen molar-refractivity contribution in [2.24, 2.45) is 0 Å². The van der Waals surface area contributed by atoms with Gasteiger partial charge in [-0.15, -0.1) is 16.8 Å². The number of nitrogens with zero attached hydrogens (tertiary/aromatic N) is 3. The number of hydrogen-bond acceptors (Lipinski definition) is 8. The molecule has 176 valence electrons. The van der Waals surface area contributed by atoms with Crippen LogP contribution >= 0.6 is 11.8 Å². The average molecular weight is 485 g/mol. The summed E-state index contributed by atoms with van der Waals surface area (Å²) in [5.41, 5.74) is 4.13. The van der Waals surface area contributed by atoms with E-state index in [2.05, 4.69) is 27.1 Å². The molecule has 3 aromatic carbocycles. The summed E-state index contributed by atoms with van der Waals surface area (Å²) < 4.78 is 18.4. The van der Waals surface area contributed by atoms with E-state index >= 15 is 0 Å². The number of anilines is 1. The maximum Gasteiger partial charge on any atom is 0.247 e. The number of aromatic nitrogens is 3. The van der Waals surface area contributed by atoms with E-state index in [1.807, 2.05) is 72.8 Å². The molecule has 7 nitrogen and oxygen atoms in total. The summed E-state index contributed by atoms with van der Waals surface area (Å²) in [6.45, 7) is 4.15. The molecule has 0 spiro atoms. The standard InChI is InChI=1S/C27H24N4O3S/c1-3-16-35-27-29-26-23(30-31-27)19-12-7-8-14-21(19)28-25(34-26)20-13-9-15-22(32-2)24(20)33-17-18-10-5-4-6-11-18/h3-15,25,28H,1,16-17H2,2H3/t25-/m1/s1. The normalized spacial score (nSPS) is 13.9. The average Bonchev–Trinajstić information content (AvgIpc) is 3.07. The van der Waals surface area contributed by atoms with Gasteiger partial charge in [-0.05, 0) is 23.8 Å². The lowest BCUT2D eigenvalue weighted by Crippen LogP contribution is -2.18. The van der Waals surface area contributed by atoms with Gasteiger partial charge in [0.1, 0.15) is 6.61 Å². The molecule has 0 bridgehead atoms. The van der Waals surface area contributed by atoms with Gasteiger partial charge < -0.3 is 19.5 Å². The molecular weight excluding hydrogens is 460 g/mol. The highest BCUT2D eigenvalue weighted by Crippen LogP contribution is 2.43. The number of ether oxygens (including phenoxy) is 3. The molecule has 0 saturated carbocycles. The minimum atomic E-state index is -0.604. The van der Waals surface area contributed by atoms with Gasteiger partial charge in [0, 0.05) is 17.0 Å². The quantitative estimate of drug-likeness (QED) is 0.244. The third-order valence-corrected chi connectivity index (χ3v) is 6.24. The Bertz CT molecular complexity index is 1330. The molecule has 1 aliphatic rings. The lowest BCUT2D eigenvalue weighted by Gasteiger charge is -2.23. The van der Waals surface area contributed by atoms with Gasteiger partial charge in [-0.25, -0.2) is 0 Å². The van der Waals surface area contributed by atoms with Crippen molar-refractivity contribution in [1.82, 2.24) is 15.2 Å². The molecular formula is C27H24N4O3S. The van der Waals surface area contributed by atoms with Gasteiger partial charge in [0.25, 0.3) is 0 Å². The largest absolute Gasteiger partial charge is 0.493 e. The first-order chi connectivity index (χ1) is 17.3. The number of para-hydroxylation sites is 2. The summed E-state index contributed by atoms with van der Waals surface area (Å²) in [4.78, 5) is 4.66. The Morgan fingerprint density at radius 3 is 2.69 bits per heavy atom. The molecule has 35 heavy (non-hydrogen) atoms. The van der Waals surface area contributed by atoms with Crippen molar-refractivity contribution >= 4 is 17.4 Å². The fraction of sp³-hybridized carbons (Fsp3) is 0.148. The highest BCUT2D eigenvalue weighted by atomic mass is 32.2. The molecule has 1 aliphatic heterocycles. The second-order valence-electron chi connectivity index (χ2n) is 7.69. The van der Waals surface area contributed by atoms with Gasteiger partial charge in [0.05, 0.1) is 12.7 Å². The second kappa shape index (κ2) is 10.5. The SMILES string of the molecule is C=CCSc1nnc2c(n1)O[C@H](c1cccc(OC)c1OCc1ccccc1)Nc1ccccc1-2. The van der Waals surface area contributed by atoms with Crippen LogP contribution in [-0.4, -0.2) is 28.0 Å². The van der Waals surface area contributed by atoms with Crippen molar-refractivity contribution < 1.29 is 14.2 Å². The van der Waals surface area contributed by atoms with Crippen LogP contribution in [0.1, 0.15) is 17.4 Å². The molecule has 5 rings (SSSR count). The van der Waals surface area contributed by atoms with Crippen LogP contribution in [0.3, 0.4) is 0 Å². The predicted octanol–water partition coefficient (Wildman–Crippen LogP) is 5.91. The van der Waals surface area contributed by atoms with Crippen LogP contribution in [0.5, 0.6) is 17.4 Å². The second-order valence-corrected chi connectivity index (χ2v) is 8.68. The summed E-state index contributed by atoms with van der Waals surface area (Å²) in [7, 11) is 1.63. The van der Waals surface area contributed by atoms with Crippen LogP contribution in [0.4, 0.5) is 5.69 Å². The van der Waals surface area contributed by atoms with Crippen molar-refractivity contribution in [3.63, 3.8) is 0 Å². The molecule has 1 N–H and O–H groups in total. The Kier molecular flexibility index (Phi) is 6.81. The Labute approximate surface area is 208 Å². The summed E-state index contributed by atoms with van der Waals surface area (Å²) >= 11 is 1.45. The smallest absolute Gasteiger partial charge is 0.247 e. The first-order valence-electron chi connectivity index (χ1n) is 11.1. The number of nitrogens with one attached hydrogen (secondary N) is 1. The number of methoxy groups -OCH3 is 1. The zero-order valence-electron chi connectivity index (χ0n) is 19.2. The third kappa shape index (κ3) is 4.93. The third-order valence-electron chi connectivity index (χ3n) is 5.40. The molecule has 8 heteroatoms. The first kappa shape index (κ1) is 22.7. The lowest BCUT2D eigenvalue weighted by molar-refractivity contribution is 0.211. The highest BCUT2D eigenvalue weighted by molar-refractivity contribution is 7.99. The molecule has 1 atom stereocenters. The Hall–Kier alpha value is -4.04. The molecule has 0 unspecified atom stereocenters. The van der Waals surface area contributed by atoms with Crippen molar-refractivity contribution in [2.75, 3.05) is 18.2 Å². The van der Waals surface area contributed by atoms with Gasteiger partial charge in [-0.1, -0.05) is 72.4 Å². The van der Waals surface area contributed by atoms with E-state index in [0.29, 0.717) is 40.6 Å². The van der Waals surface area contributed by atoms with Crippen LogP contribution < -0.4 is 19.5 Å². The lowest BCUT2D eigenvalue weighted by atomic mass is 10.1. The Balaban J connectivity index is 1.55. The number of rotatable bonds is 8. The van der Waals surface area contributed by atoms with Gasteiger partial charge in [0.2, 0.25) is 17.3 Å². The minimum Gasteiger partial charge on any atom is -0.493 e. The molecule has 1 aromatic heterocycles. The Morgan fingerprint density at radius 1 is 1.03 bits per heavy atom. The number of fused-ring (bicyclic) bond motifs is 3. The van der Waals surface area contributed by atoms with Crippen LogP contribution in [0.15, 0.2) is 90.6 Å². The predicted molar refractivity (Wildman–Crippen MR) is 137 cm³/mol. The highest BCUT2D eigenvalue weighted by Gasteiger charge is 2.29. The summed E-state index contributed by atoms with van der Waals surface area (Å²) in [5, 5.41) is 12.7. The van der Waals surface area contributed by atoms with Gasteiger partial charge in [-0.2, -0.15) is 4.98 Å². The van der Waals surface area contributed by atoms with E-state index in [4.69, 9.17) is 14.2 Å². The van der Waals surface area contributed by atoms with Gasteiger partial charge in [-0.3, -0.25) is 0 Å². The molecule has 0 saturated heterocycles. The molecule has 2 heterocycles. The maximum atomic E-state index is 6.44. The molecule has 0 amide bonds. The number of hydrogen-bond donors (Lipinski definition) is 1. The van der Waals surface area contributed by atoms with Crippen LogP contribution in [0, 0.1) is 0 Å². The van der Waals surface area contributed by atoms with E-state index in [1.165, 1.54) is 11.8 Å². The fourth-order valence-corrected chi connectivity index (χ4v) is 4.28. The number of benzene rings is 3. The van der Waals surface area contributed by atoms with Crippen molar-refractivity contribution in [3.05, 3.63) is 96.6 Å². The zero-order chi connectivity index (χ0) is 24.0. The Morgan fingerprint density at radius 2 is 1.86 bits per heavy atom. The first-order valence-corrected chi connectivity index (χ1v) is 12.1. The summed E-state index contributed by atoms with van der Waals surface area (Å²) in [5.74, 6) is 2.28. The molecule has 0 aliphatic carbocycles. The topological polar surface area (TPSA) is 78.4 Å². The van der Waals surface area contributed by atoms with Crippen LogP contribution in [0.25, 0.3) is 11.3 Å². The monoisotopic (exact) mass is 484 g/mol. The zero-order valence-corrected chi connectivity index (χ0v) is 20.0. The van der Waals surface area contributed by atoms with Crippen LogP contribution in [-0.2, 0) is 6.61 Å². The minimum absolute atomic E-state index is 0.389. The number of thioether (sulfide) groups is 1. The summed E-state index contributed by atoms with van der Waals surface area (Å²) in [6, 6.07) is 23.6. The van der Waals surface area contributed by atoms with Crippen LogP contribution in [0.2, 0.25) is 0 Å². The maximum absolute atomic E-state index is 6.44. The van der Waals surface area contributed by atoms with E-state index < -0.39 is 6.23 Å². The van der Waals surface area contributed by atoms with Crippen molar-refractivity contribution in [1.29, 1.82) is 0 Å². The fourth-order valence-electron chi connectivity index (χ4n) is 3.77. The van der Waals surface area contributed by atoms with Gasteiger partial charge >= 0.3 is 0 Å². The van der Waals surface area contributed by atoms with Crippen molar-refractivity contribution in [2.45, 2.75) is 18.0 Å². The molecule has 0 radical (unpaired) electrons. The van der Waals surface area contributed by atoms with Gasteiger partial charge in [0.15, 0.2) is 17.2 Å². The molecule has 0 fully saturated rings. The van der Waals surface area contributed by atoms with E-state index in [1.54, 1.807) is 13.2 Å². The van der Waals surface area contributed by atoms with E-state index in [0.717, 1.165) is 22.4 Å².